The number of ketones is 1. The van der Waals surface area contributed by atoms with Crippen LogP contribution in [0.3, 0.4) is 0 Å². The van der Waals surface area contributed by atoms with E-state index in [4.69, 9.17) is 9.47 Å². The third kappa shape index (κ3) is 6.77. The van der Waals surface area contributed by atoms with Gasteiger partial charge in [-0.15, -0.1) is 0 Å². The van der Waals surface area contributed by atoms with E-state index >= 15 is 0 Å². The van der Waals surface area contributed by atoms with Crippen molar-refractivity contribution >= 4 is 5.78 Å². The van der Waals surface area contributed by atoms with Gasteiger partial charge in [-0.3, -0.25) is 4.79 Å². The molecule has 14 heavy (non-hydrogen) atoms. The van der Waals surface area contributed by atoms with E-state index in [0.29, 0.717) is 19.5 Å². The molecule has 0 saturated carbocycles. The van der Waals surface area contributed by atoms with Gasteiger partial charge in [0.15, 0.2) is 12.1 Å². The Hall–Kier alpha value is -0.710. The van der Waals surface area contributed by atoms with Crippen LogP contribution >= 0.6 is 0 Å². The van der Waals surface area contributed by atoms with Crippen molar-refractivity contribution in [2.24, 2.45) is 0 Å². The first kappa shape index (κ1) is 13.3. The van der Waals surface area contributed by atoms with E-state index in [1.807, 2.05) is 6.92 Å². The molecule has 0 aliphatic carbocycles. The predicted molar refractivity (Wildman–Crippen MR) is 55.1 cm³/mol. The van der Waals surface area contributed by atoms with E-state index in [1.54, 1.807) is 26.4 Å². The number of ether oxygens (including phenoxy) is 2. The molecule has 0 saturated heterocycles. The summed E-state index contributed by atoms with van der Waals surface area (Å²) in [5, 5.41) is 3.07. The minimum absolute atomic E-state index is 0.131. The maximum atomic E-state index is 11.0. The van der Waals surface area contributed by atoms with E-state index in [1.165, 1.54) is 0 Å². The van der Waals surface area contributed by atoms with E-state index < -0.39 is 0 Å². The van der Waals surface area contributed by atoms with Gasteiger partial charge < -0.3 is 14.8 Å². The molecule has 4 nitrogen and oxygen atoms in total. The van der Waals surface area contributed by atoms with Crippen LogP contribution in [0.25, 0.3) is 0 Å². The monoisotopic (exact) mass is 201 g/mol. The van der Waals surface area contributed by atoms with Crippen molar-refractivity contribution in [1.29, 1.82) is 0 Å². The summed E-state index contributed by atoms with van der Waals surface area (Å²) >= 11 is 0. The van der Waals surface area contributed by atoms with Gasteiger partial charge in [-0.2, -0.15) is 0 Å². The van der Waals surface area contributed by atoms with E-state index in [9.17, 15) is 4.79 Å². The Morgan fingerprint density at radius 1 is 1.43 bits per heavy atom. The van der Waals surface area contributed by atoms with Gasteiger partial charge in [0.05, 0.1) is 0 Å². The molecule has 0 aromatic rings. The molecule has 0 fully saturated rings. The van der Waals surface area contributed by atoms with Gasteiger partial charge in [-0.1, -0.05) is 6.08 Å². The van der Waals surface area contributed by atoms with Gasteiger partial charge in [-0.05, 0) is 13.0 Å². The Bertz CT molecular complexity index is 176. The fraction of sp³-hybridized carbons (Fsp3) is 0.700. The van der Waals surface area contributed by atoms with Crippen molar-refractivity contribution < 1.29 is 14.3 Å². The molecule has 82 valence electrons. The Morgan fingerprint density at radius 2 is 2.07 bits per heavy atom. The van der Waals surface area contributed by atoms with Crippen LogP contribution in [0.5, 0.6) is 0 Å². The van der Waals surface area contributed by atoms with E-state index in [2.05, 4.69) is 5.32 Å². The Morgan fingerprint density at radius 3 is 2.57 bits per heavy atom. The van der Waals surface area contributed by atoms with Crippen molar-refractivity contribution in [3.63, 3.8) is 0 Å². The summed E-state index contributed by atoms with van der Waals surface area (Å²) in [6, 6.07) is 0. The Balaban J connectivity index is 3.41. The lowest BCUT2D eigenvalue weighted by atomic mass is 10.2. The summed E-state index contributed by atoms with van der Waals surface area (Å²) in [6.07, 6.45) is 3.58. The lowest BCUT2D eigenvalue weighted by Gasteiger charge is -2.13. The molecule has 0 radical (unpaired) electrons. The maximum Gasteiger partial charge on any atom is 0.169 e. The van der Waals surface area contributed by atoms with Crippen LogP contribution in [0, 0.1) is 0 Å². The normalized spacial score (nSPS) is 11.4. The zero-order valence-electron chi connectivity index (χ0n) is 9.08. The van der Waals surface area contributed by atoms with Crippen LogP contribution in [0.15, 0.2) is 12.2 Å². The van der Waals surface area contributed by atoms with Gasteiger partial charge >= 0.3 is 0 Å². The first-order valence-electron chi connectivity index (χ1n) is 4.66. The first-order chi connectivity index (χ1) is 6.74. The highest BCUT2D eigenvalue weighted by atomic mass is 16.7. The molecule has 0 amide bonds. The largest absolute Gasteiger partial charge is 0.355 e. The zero-order chi connectivity index (χ0) is 10.8. The molecule has 0 spiro atoms. The number of rotatable bonds is 8. The second-order valence-corrected chi connectivity index (χ2v) is 2.82. The third-order valence-electron chi connectivity index (χ3n) is 1.74. The smallest absolute Gasteiger partial charge is 0.169 e. The number of methoxy groups -OCH3 is 2. The van der Waals surface area contributed by atoms with Gasteiger partial charge in [0, 0.05) is 33.7 Å². The van der Waals surface area contributed by atoms with Gasteiger partial charge in [0.25, 0.3) is 0 Å². The topological polar surface area (TPSA) is 47.6 Å². The van der Waals surface area contributed by atoms with Crippen LogP contribution in [-0.4, -0.2) is 39.4 Å². The molecular formula is C10H19NO3. The second kappa shape index (κ2) is 8.87. The van der Waals surface area contributed by atoms with Crippen molar-refractivity contribution in [3.05, 3.63) is 12.2 Å². The van der Waals surface area contributed by atoms with E-state index in [-0.39, 0.29) is 12.1 Å². The summed E-state index contributed by atoms with van der Waals surface area (Å²) in [4.78, 5) is 11.0. The summed E-state index contributed by atoms with van der Waals surface area (Å²) < 4.78 is 9.94. The number of carbonyl (C=O) groups excluding carboxylic acids is 1. The zero-order valence-corrected chi connectivity index (χ0v) is 9.08. The molecule has 0 aliphatic rings. The van der Waals surface area contributed by atoms with Crippen LogP contribution < -0.4 is 5.32 Å². The van der Waals surface area contributed by atoms with E-state index in [0.717, 1.165) is 0 Å². The molecular weight excluding hydrogens is 182 g/mol. The number of carbonyl (C=O) groups is 1. The molecule has 0 aliphatic heterocycles. The average Bonchev–Trinajstić information content (AvgIpc) is 2.19. The van der Waals surface area contributed by atoms with Crippen LogP contribution in [0.1, 0.15) is 13.3 Å². The SMILES string of the molecule is CC=CC(=O)CCNCC(OC)OC. The highest BCUT2D eigenvalue weighted by Crippen LogP contribution is 1.88. The average molecular weight is 201 g/mol. The van der Waals surface area contributed by atoms with Crippen LogP contribution in [0.4, 0.5) is 0 Å². The molecule has 0 bridgehead atoms. The number of hydrogen-bond donors (Lipinski definition) is 1. The van der Waals surface area contributed by atoms with Crippen molar-refractivity contribution in [2.45, 2.75) is 19.6 Å². The lowest BCUT2D eigenvalue weighted by molar-refractivity contribution is -0.115. The second-order valence-electron chi connectivity index (χ2n) is 2.82. The number of allylic oxidation sites excluding steroid dienone is 2. The Labute approximate surface area is 85.3 Å². The Kier molecular flexibility index (Phi) is 8.42. The molecule has 0 atom stereocenters. The minimum Gasteiger partial charge on any atom is -0.355 e. The number of hydrogen-bond acceptors (Lipinski definition) is 4. The molecule has 0 aromatic heterocycles. The summed E-state index contributed by atoms with van der Waals surface area (Å²) in [6.45, 7) is 3.07. The lowest BCUT2D eigenvalue weighted by Crippen LogP contribution is -2.31. The molecule has 1 N–H and O–H groups in total. The third-order valence-corrected chi connectivity index (χ3v) is 1.74. The van der Waals surface area contributed by atoms with Crippen molar-refractivity contribution in [2.75, 3.05) is 27.3 Å². The van der Waals surface area contributed by atoms with Gasteiger partial charge in [0.1, 0.15) is 0 Å². The summed E-state index contributed by atoms with van der Waals surface area (Å²) in [5.74, 6) is 0.131. The van der Waals surface area contributed by atoms with Gasteiger partial charge in [-0.25, -0.2) is 0 Å². The number of nitrogens with one attached hydrogen (secondary N) is 1. The summed E-state index contributed by atoms with van der Waals surface area (Å²) in [5.41, 5.74) is 0. The fourth-order valence-corrected chi connectivity index (χ4v) is 0.964. The molecule has 0 aromatic carbocycles. The quantitative estimate of drug-likeness (QED) is 0.357. The van der Waals surface area contributed by atoms with Crippen molar-refractivity contribution in [3.8, 4) is 0 Å². The summed E-state index contributed by atoms with van der Waals surface area (Å²) in [7, 11) is 3.17. The predicted octanol–water partition coefficient (Wildman–Crippen LogP) is 0.730. The first-order valence-corrected chi connectivity index (χ1v) is 4.66. The molecule has 4 heteroatoms. The molecule has 0 heterocycles. The molecule has 0 unspecified atom stereocenters. The van der Waals surface area contributed by atoms with Gasteiger partial charge in [0.2, 0.25) is 0 Å². The highest BCUT2D eigenvalue weighted by molar-refractivity contribution is 5.89. The highest BCUT2D eigenvalue weighted by Gasteiger charge is 2.03. The van der Waals surface area contributed by atoms with Crippen LogP contribution in [0.2, 0.25) is 0 Å². The fourth-order valence-electron chi connectivity index (χ4n) is 0.964. The standard InChI is InChI=1S/C10H19NO3/c1-4-5-9(12)6-7-11-8-10(13-2)14-3/h4-5,10-11H,6-8H2,1-3H3. The molecule has 0 rings (SSSR count). The minimum atomic E-state index is -0.244. The van der Waals surface area contributed by atoms with Crippen LogP contribution in [-0.2, 0) is 14.3 Å². The van der Waals surface area contributed by atoms with Crippen molar-refractivity contribution in [1.82, 2.24) is 5.32 Å². The maximum absolute atomic E-state index is 11.0.